The minimum atomic E-state index is -0.396. The van der Waals surface area contributed by atoms with Crippen LogP contribution in [-0.4, -0.2) is 24.2 Å². The first-order valence-electron chi connectivity index (χ1n) is 7.55. The monoisotopic (exact) mass is 287 g/mol. The van der Waals surface area contributed by atoms with Gasteiger partial charge in [0.25, 0.3) is 0 Å². The van der Waals surface area contributed by atoms with Crippen LogP contribution in [0.5, 0.6) is 0 Å². The van der Waals surface area contributed by atoms with E-state index in [2.05, 4.69) is 5.32 Å². The molecule has 21 heavy (non-hydrogen) atoms. The highest BCUT2D eigenvalue weighted by atomic mass is 16.7. The van der Waals surface area contributed by atoms with Crippen molar-refractivity contribution in [1.82, 2.24) is 0 Å². The van der Waals surface area contributed by atoms with Gasteiger partial charge in [0.1, 0.15) is 0 Å². The van der Waals surface area contributed by atoms with Gasteiger partial charge < -0.3 is 14.6 Å². The SMILES string of the molecule is CC1(C)OB(c2cccc(NC(=O)C3CC3)c2)OC1(C)C. The summed E-state index contributed by atoms with van der Waals surface area (Å²) >= 11 is 0. The quantitative estimate of drug-likeness (QED) is 0.868. The molecule has 1 aromatic carbocycles. The van der Waals surface area contributed by atoms with E-state index in [0.29, 0.717) is 0 Å². The van der Waals surface area contributed by atoms with E-state index in [1.165, 1.54) is 0 Å². The summed E-state index contributed by atoms with van der Waals surface area (Å²) in [5, 5.41) is 2.96. The number of benzene rings is 1. The Balaban J connectivity index is 1.76. The molecular formula is C16H22BNO3. The summed E-state index contributed by atoms with van der Waals surface area (Å²) in [4.78, 5) is 11.8. The van der Waals surface area contributed by atoms with Gasteiger partial charge in [-0.15, -0.1) is 0 Å². The summed E-state index contributed by atoms with van der Waals surface area (Å²) in [6.07, 6.45) is 2.01. The van der Waals surface area contributed by atoms with Gasteiger partial charge in [-0.1, -0.05) is 12.1 Å². The van der Waals surface area contributed by atoms with Crippen molar-refractivity contribution in [3.05, 3.63) is 24.3 Å². The molecule has 112 valence electrons. The molecule has 1 aliphatic heterocycles. The zero-order valence-corrected chi connectivity index (χ0v) is 13.1. The zero-order valence-electron chi connectivity index (χ0n) is 13.1. The number of hydrogen-bond acceptors (Lipinski definition) is 3. The van der Waals surface area contributed by atoms with E-state index in [0.717, 1.165) is 24.0 Å². The van der Waals surface area contributed by atoms with Gasteiger partial charge in [0.2, 0.25) is 5.91 Å². The molecular weight excluding hydrogens is 265 g/mol. The molecule has 0 spiro atoms. The normalized spacial score (nSPS) is 23.1. The molecule has 2 aliphatic rings. The second-order valence-electron chi connectivity index (χ2n) is 6.98. The van der Waals surface area contributed by atoms with Gasteiger partial charge >= 0.3 is 7.12 Å². The zero-order chi connectivity index (χ0) is 15.3. The summed E-state index contributed by atoms with van der Waals surface area (Å²) in [5.41, 5.74) is 1.02. The molecule has 0 radical (unpaired) electrons. The van der Waals surface area contributed by atoms with Gasteiger partial charge in [-0.2, -0.15) is 0 Å². The predicted octanol–water partition coefficient (Wildman–Crippen LogP) is 2.33. The Hall–Kier alpha value is -1.33. The van der Waals surface area contributed by atoms with Crippen molar-refractivity contribution in [3.63, 3.8) is 0 Å². The fraction of sp³-hybridized carbons (Fsp3) is 0.562. The molecule has 0 atom stereocenters. The van der Waals surface area contributed by atoms with Gasteiger partial charge in [-0.3, -0.25) is 4.79 Å². The Morgan fingerprint density at radius 2 is 1.81 bits per heavy atom. The van der Waals surface area contributed by atoms with E-state index in [-0.39, 0.29) is 23.0 Å². The van der Waals surface area contributed by atoms with Crippen LogP contribution in [0.2, 0.25) is 0 Å². The number of nitrogens with one attached hydrogen (secondary N) is 1. The molecule has 1 amide bonds. The second kappa shape index (κ2) is 4.85. The number of carbonyl (C=O) groups is 1. The molecule has 0 unspecified atom stereocenters. The van der Waals surface area contributed by atoms with E-state index in [9.17, 15) is 4.79 Å². The molecule has 1 aliphatic carbocycles. The smallest absolute Gasteiger partial charge is 0.399 e. The van der Waals surface area contributed by atoms with E-state index >= 15 is 0 Å². The molecule has 2 fully saturated rings. The molecule has 1 heterocycles. The van der Waals surface area contributed by atoms with Crippen molar-refractivity contribution >= 4 is 24.2 Å². The maximum Gasteiger partial charge on any atom is 0.494 e. The van der Waals surface area contributed by atoms with Crippen molar-refractivity contribution in [1.29, 1.82) is 0 Å². The average molecular weight is 287 g/mol. The molecule has 0 bridgehead atoms. The molecule has 3 rings (SSSR count). The van der Waals surface area contributed by atoms with Crippen LogP contribution in [-0.2, 0) is 14.1 Å². The van der Waals surface area contributed by atoms with Gasteiger partial charge in [0.15, 0.2) is 0 Å². The number of hydrogen-bond donors (Lipinski definition) is 1. The van der Waals surface area contributed by atoms with E-state index in [1.807, 2.05) is 52.0 Å². The van der Waals surface area contributed by atoms with Crippen LogP contribution < -0.4 is 10.8 Å². The summed E-state index contributed by atoms with van der Waals surface area (Å²) in [5.74, 6) is 0.312. The van der Waals surface area contributed by atoms with Crippen molar-refractivity contribution in [2.24, 2.45) is 5.92 Å². The molecule has 1 N–H and O–H groups in total. The number of anilines is 1. The van der Waals surface area contributed by atoms with E-state index < -0.39 is 7.12 Å². The third-order valence-electron chi connectivity index (χ3n) is 4.63. The third-order valence-corrected chi connectivity index (χ3v) is 4.63. The largest absolute Gasteiger partial charge is 0.494 e. The molecule has 1 saturated carbocycles. The van der Waals surface area contributed by atoms with Crippen molar-refractivity contribution in [2.75, 3.05) is 5.32 Å². The van der Waals surface area contributed by atoms with Crippen molar-refractivity contribution in [3.8, 4) is 0 Å². The Labute approximate surface area is 126 Å². The van der Waals surface area contributed by atoms with Gasteiger partial charge in [-0.05, 0) is 58.1 Å². The maximum atomic E-state index is 11.8. The molecule has 4 nitrogen and oxygen atoms in total. The second-order valence-corrected chi connectivity index (χ2v) is 6.98. The van der Waals surface area contributed by atoms with Gasteiger partial charge in [-0.25, -0.2) is 0 Å². The first-order valence-corrected chi connectivity index (χ1v) is 7.55. The average Bonchev–Trinajstić information content (AvgIpc) is 3.18. The highest BCUT2D eigenvalue weighted by Crippen LogP contribution is 2.36. The fourth-order valence-electron chi connectivity index (χ4n) is 2.33. The number of rotatable bonds is 3. The lowest BCUT2D eigenvalue weighted by Crippen LogP contribution is -2.41. The van der Waals surface area contributed by atoms with E-state index in [4.69, 9.17) is 9.31 Å². The maximum absolute atomic E-state index is 11.8. The lowest BCUT2D eigenvalue weighted by molar-refractivity contribution is -0.117. The van der Waals surface area contributed by atoms with Gasteiger partial charge in [0.05, 0.1) is 11.2 Å². The first-order chi connectivity index (χ1) is 9.78. The van der Waals surface area contributed by atoms with Crippen LogP contribution >= 0.6 is 0 Å². The van der Waals surface area contributed by atoms with Crippen molar-refractivity contribution < 1.29 is 14.1 Å². The predicted molar refractivity (Wildman–Crippen MR) is 83.5 cm³/mol. The van der Waals surface area contributed by atoms with Crippen LogP contribution in [0.4, 0.5) is 5.69 Å². The first kappa shape index (κ1) is 14.6. The Morgan fingerprint density at radius 3 is 2.38 bits per heavy atom. The third kappa shape index (κ3) is 2.85. The standard InChI is InChI=1S/C16H22BNO3/c1-15(2)16(3,4)21-17(20-15)12-6-5-7-13(10-12)18-14(19)11-8-9-11/h5-7,10-11H,8-9H2,1-4H3,(H,18,19). The van der Waals surface area contributed by atoms with Crippen LogP contribution in [0, 0.1) is 5.92 Å². The van der Waals surface area contributed by atoms with Crippen LogP contribution in [0.25, 0.3) is 0 Å². The number of amides is 1. The van der Waals surface area contributed by atoms with Crippen molar-refractivity contribution in [2.45, 2.75) is 51.7 Å². The Morgan fingerprint density at radius 1 is 1.19 bits per heavy atom. The summed E-state index contributed by atoms with van der Waals surface area (Å²) in [7, 11) is -0.396. The molecule has 5 heteroatoms. The Kier molecular flexibility index (Phi) is 3.37. The lowest BCUT2D eigenvalue weighted by Gasteiger charge is -2.32. The summed E-state index contributed by atoms with van der Waals surface area (Å²) in [6.45, 7) is 8.13. The number of carbonyl (C=O) groups excluding carboxylic acids is 1. The van der Waals surface area contributed by atoms with E-state index in [1.54, 1.807) is 0 Å². The van der Waals surface area contributed by atoms with Gasteiger partial charge in [0, 0.05) is 11.6 Å². The minimum Gasteiger partial charge on any atom is -0.399 e. The van der Waals surface area contributed by atoms with Crippen LogP contribution in [0.3, 0.4) is 0 Å². The summed E-state index contributed by atoms with van der Waals surface area (Å²) < 4.78 is 12.1. The summed E-state index contributed by atoms with van der Waals surface area (Å²) in [6, 6.07) is 7.72. The van der Waals surface area contributed by atoms with Crippen LogP contribution in [0.1, 0.15) is 40.5 Å². The Bertz CT molecular complexity index is 550. The highest BCUT2D eigenvalue weighted by molar-refractivity contribution is 6.62. The van der Waals surface area contributed by atoms with Crippen LogP contribution in [0.15, 0.2) is 24.3 Å². The fourth-order valence-corrected chi connectivity index (χ4v) is 2.33. The highest BCUT2D eigenvalue weighted by Gasteiger charge is 2.51. The molecule has 1 saturated heterocycles. The lowest BCUT2D eigenvalue weighted by atomic mass is 9.79. The minimum absolute atomic E-state index is 0.112. The molecule has 0 aromatic heterocycles. The topological polar surface area (TPSA) is 47.6 Å². The molecule has 1 aromatic rings.